The zero-order valence-corrected chi connectivity index (χ0v) is 16.9. The van der Waals surface area contributed by atoms with Crippen molar-refractivity contribution in [1.29, 1.82) is 0 Å². The van der Waals surface area contributed by atoms with Crippen molar-refractivity contribution in [1.82, 2.24) is 15.1 Å². The van der Waals surface area contributed by atoms with Crippen LogP contribution in [0.3, 0.4) is 0 Å². The van der Waals surface area contributed by atoms with E-state index in [9.17, 15) is 9.59 Å². The molecule has 6 nitrogen and oxygen atoms in total. The Hall–Kier alpha value is -3.41. The van der Waals surface area contributed by atoms with Crippen molar-refractivity contribution in [3.05, 3.63) is 76.1 Å². The highest BCUT2D eigenvalue weighted by molar-refractivity contribution is 6.06. The number of hydrogen-bond donors (Lipinski definition) is 2. The van der Waals surface area contributed by atoms with Gasteiger partial charge in [-0.15, -0.1) is 0 Å². The van der Waals surface area contributed by atoms with E-state index in [0.29, 0.717) is 16.9 Å². The summed E-state index contributed by atoms with van der Waals surface area (Å²) in [5.41, 5.74) is 6.62. The third-order valence-electron chi connectivity index (χ3n) is 5.48. The van der Waals surface area contributed by atoms with Crippen molar-refractivity contribution in [2.24, 2.45) is 0 Å². The second-order valence-corrected chi connectivity index (χ2v) is 7.39. The minimum atomic E-state index is -0.244. The lowest BCUT2D eigenvalue weighted by atomic mass is 10.1. The molecule has 0 saturated heterocycles. The third kappa shape index (κ3) is 3.42. The fourth-order valence-electron chi connectivity index (χ4n) is 3.85. The Morgan fingerprint density at radius 3 is 2.48 bits per heavy atom. The van der Waals surface area contributed by atoms with Gasteiger partial charge >= 0.3 is 0 Å². The van der Waals surface area contributed by atoms with Gasteiger partial charge in [0.25, 0.3) is 11.8 Å². The molecule has 1 aliphatic rings. The number of hydrogen-bond acceptors (Lipinski definition) is 3. The van der Waals surface area contributed by atoms with Crippen molar-refractivity contribution >= 4 is 17.5 Å². The van der Waals surface area contributed by atoms with Crippen LogP contribution in [0.4, 0.5) is 5.69 Å². The van der Waals surface area contributed by atoms with Crippen molar-refractivity contribution in [2.45, 2.75) is 33.1 Å². The summed E-state index contributed by atoms with van der Waals surface area (Å²) in [7, 11) is 1.59. The first-order valence-corrected chi connectivity index (χ1v) is 9.80. The van der Waals surface area contributed by atoms with E-state index >= 15 is 0 Å². The molecular formula is C23H24N4O2. The number of carbonyl (C=O) groups is 2. The highest BCUT2D eigenvalue weighted by Gasteiger charge is 2.27. The topological polar surface area (TPSA) is 76.0 Å². The number of nitrogens with zero attached hydrogens (tertiary/aromatic N) is 2. The summed E-state index contributed by atoms with van der Waals surface area (Å²) in [6.45, 7) is 3.88. The maximum Gasteiger partial charge on any atom is 0.276 e. The predicted octanol–water partition coefficient (Wildman–Crippen LogP) is 3.59. The molecule has 2 aromatic carbocycles. The van der Waals surface area contributed by atoms with E-state index in [-0.39, 0.29) is 11.8 Å². The van der Waals surface area contributed by atoms with Gasteiger partial charge in [0.15, 0.2) is 5.69 Å². The van der Waals surface area contributed by atoms with Gasteiger partial charge in [0.05, 0.1) is 5.69 Å². The SMILES string of the molecule is CNC(=O)c1cccc(NC(=O)c2nn(-c3ccc(C)cc3)c3c2CCC3)c1C. The Bertz CT molecular complexity index is 1100. The number of benzene rings is 2. The first-order chi connectivity index (χ1) is 14.0. The Labute approximate surface area is 169 Å². The van der Waals surface area contributed by atoms with Crippen LogP contribution in [0.5, 0.6) is 0 Å². The van der Waals surface area contributed by atoms with Crippen molar-refractivity contribution in [2.75, 3.05) is 12.4 Å². The van der Waals surface area contributed by atoms with Gasteiger partial charge in [0, 0.05) is 29.6 Å². The van der Waals surface area contributed by atoms with E-state index in [1.165, 1.54) is 5.56 Å². The van der Waals surface area contributed by atoms with Gasteiger partial charge in [-0.05, 0) is 62.9 Å². The molecule has 2 N–H and O–H groups in total. The number of aryl methyl sites for hydroxylation is 1. The second kappa shape index (κ2) is 7.54. The molecule has 0 spiro atoms. The molecule has 4 rings (SSSR count). The van der Waals surface area contributed by atoms with Gasteiger partial charge in [-0.1, -0.05) is 23.8 Å². The summed E-state index contributed by atoms with van der Waals surface area (Å²) in [5, 5.41) is 10.2. The first kappa shape index (κ1) is 18.9. The van der Waals surface area contributed by atoms with Crippen molar-refractivity contribution in [3.8, 4) is 5.69 Å². The van der Waals surface area contributed by atoms with Crippen LogP contribution in [0.1, 0.15) is 49.7 Å². The average molecular weight is 388 g/mol. The fourth-order valence-corrected chi connectivity index (χ4v) is 3.85. The van der Waals surface area contributed by atoms with Crippen LogP contribution in [0.2, 0.25) is 0 Å². The molecule has 1 aromatic heterocycles. The lowest BCUT2D eigenvalue weighted by Gasteiger charge is -2.11. The third-order valence-corrected chi connectivity index (χ3v) is 5.48. The lowest BCUT2D eigenvalue weighted by molar-refractivity contribution is 0.0960. The fraction of sp³-hybridized carbons (Fsp3) is 0.261. The number of fused-ring (bicyclic) bond motifs is 1. The van der Waals surface area contributed by atoms with Crippen molar-refractivity contribution in [3.63, 3.8) is 0 Å². The second-order valence-electron chi connectivity index (χ2n) is 7.39. The lowest BCUT2D eigenvalue weighted by Crippen LogP contribution is -2.21. The Balaban J connectivity index is 1.68. The van der Waals surface area contributed by atoms with Gasteiger partial charge in [0.2, 0.25) is 0 Å². The number of amides is 2. The summed E-state index contributed by atoms with van der Waals surface area (Å²) in [4.78, 5) is 25.1. The van der Waals surface area contributed by atoms with Gasteiger partial charge in [-0.25, -0.2) is 4.68 Å². The molecule has 3 aromatic rings. The van der Waals surface area contributed by atoms with Gasteiger partial charge in [-0.3, -0.25) is 9.59 Å². The van der Waals surface area contributed by atoms with Gasteiger partial charge in [0.1, 0.15) is 0 Å². The number of nitrogens with one attached hydrogen (secondary N) is 2. The van der Waals surface area contributed by atoms with Crippen LogP contribution in [0, 0.1) is 13.8 Å². The molecule has 148 valence electrons. The van der Waals surface area contributed by atoms with E-state index in [4.69, 9.17) is 0 Å². The van der Waals surface area contributed by atoms with E-state index in [1.807, 2.05) is 42.8 Å². The molecule has 0 aliphatic heterocycles. The first-order valence-electron chi connectivity index (χ1n) is 9.80. The largest absolute Gasteiger partial charge is 0.355 e. The molecule has 6 heteroatoms. The van der Waals surface area contributed by atoms with Crippen LogP contribution < -0.4 is 10.6 Å². The number of rotatable bonds is 4. The molecule has 0 atom stereocenters. The zero-order chi connectivity index (χ0) is 20.5. The van der Waals surface area contributed by atoms with E-state index in [1.54, 1.807) is 25.2 Å². The van der Waals surface area contributed by atoms with Crippen LogP contribution in [0.25, 0.3) is 5.69 Å². The Morgan fingerprint density at radius 1 is 1.00 bits per heavy atom. The maximum absolute atomic E-state index is 13.1. The van der Waals surface area contributed by atoms with E-state index < -0.39 is 0 Å². The summed E-state index contributed by atoms with van der Waals surface area (Å²) in [6.07, 6.45) is 2.78. The van der Waals surface area contributed by atoms with Crippen LogP contribution in [0.15, 0.2) is 42.5 Å². The molecular weight excluding hydrogens is 364 g/mol. The summed E-state index contributed by atoms with van der Waals surface area (Å²) in [5.74, 6) is -0.422. The molecule has 0 unspecified atom stereocenters. The number of anilines is 1. The highest BCUT2D eigenvalue weighted by Crippen LogP contribution is 2.29. The molecule has 0 radical (unpaired) electrons. The smallest absolute Gasteiger partial charge is 0.276 e. The van der Waals surface area contributed by atoms with Crippen LogP contribution in [-0.2, 0) is 12.8 Å². The molecule has 29 heavy (non-hydrogen) atoms. The number of carbonyl (C=O) groups excluding carboxylic acids is 2. The van der Waals surface area contributed by atoms with Crippen molar-refractivity contribution < 1.29 is 9.59 Å². The Morgan fingerprint density at radius 2 is 1.76 bits per heavy atom. The monoisotopic (exact) mass is 388 g/mol. The standard InChI is InChI=1S/C23H24N4O2/c1-14-10-12-16(13-11-14)27-20-9-5-7-18(20)21(26-27)23(29)25-19-8-4-6-17(15(19)2)22(28)24-3/h4,6,8,10-13H,5,7,9H2,1-3H3,(H,24,28)(H,25,29). The minimum Gasteiger partial charge on any atom is -0.355 e. The molecule has 2 amide bonds. The van der Waals surface area contributed by atoms with Gasteiger partial charge < -0.3 is 10.6 Å². The Kier molecular flexibility index (Phi) is 4.92. The zero-order valence-electron chi connectivity index (χ0n) is 16.9. The summed E-state index contributed by atoms with van der Waals surface area (Å²) < 4.78 is 1.89. The maximum atomic E-state index is 13.1. The average Bonchev–Trinajstić information content (AvgIpc) is 3.32. The predicted molar refractivity (Wildman–Crippen MR) is 113 cm³/mol. The number of aromatic nitrogens is 2. The van der Waals surface area contributed by atoms with E-state index in [2.05, 4.69) is 15.7 Å². The summed E-state index contributed by atoms with van der Waals surface area (Å²) in [6, 6.07) is 13.5. The van der Waals surface area contributed by atoms with E-state index in [0.717, 1.165) is 41.8 Å². The quantitative estimate of drug-likeness (QED) is 0.717. The normalized spacial score (nSPS) is 12.5. The molecule has 0 bridgehead atoms. The highest BCUT2D eigenvalue weighted by atomic mass is 16.2. The van der Waals surface area contributed by atoms with Gasteiger partial charge in [-0.2, -0.15) is 5.10 Å². The van der Waals surface area contributed by atoms with Crippen LogP contribution >= 0.6 is 0 Å². The molecule has 1 aliphatic carbocycles. The molecule has 0 fully saturated rings. The van der Waals surface area contributed by atoms with Crippen LogP contribution in [-0.4, -0.2) is 28.6 Å². The molecule has 1 heterocycles. The summed E-state index contributed by atoms with van der Waals surface area (Å²) >= 11 is 0. The minimum absolute atomic E-state index is 0.178. The molecule has 0 saturated carbocycles.